The largest absolute Gasteiger partial charge is 0.497 e. The van der Waals surface area contributed by atoms with Crippen LogP contribution in [-0.4, -0.2) is 28.8 Å². The number of fused-ring (bicyclic) bond motifs is 1. The van der Waals surface area contributed by atoms with E-state index in [1.165, 1.54) is 0 Å². The lowest BCUT2D eigenvalue weighted by Crippen LogP contribution is -2.34. The molecule has 2 aromatic carbocycles. The maximum absolute atomic E-state index is 12.6. The summed E-state index contributed by atoms with van der Waals surface area (Å²) in [5, 5.41) is 8.66. The highest BCUT2D eigenvalue weighted by atomic mass is 35.5. The fraction of sp³-hybridized carbons (Fsp3) is 0.217. The fourth-order valence-electron chi connectivity index (χ4n) is 3.55. The average Bonchev–Trinajstić information content (AvgIpc) is 3.34. The van der Waals surface area contributed by atoms with Gasteiger partial charge in [0.05, 0.1) is 7.11 Å². The number of benzene rings is 2. The van der Waals surface area contributed by atoms with Crippen molar-refractivity contribution in [3.05, 3.63) is 71.0 Å². The second-order valence-electron chi connectivity index (χ2n) is 7.31. The van der Waals surface area contributed by atoms with Crippen molar-refractivity contribution in [1.29, 1.82) is 0 Å². The summed E-state index contributed by atoms with van der Waals surface area (Å²) >= 11 is 5.91. The van der Waals surface area contributed by atoms with Gasteiger partial charge in [-0.15, -0.1) is 0 Å². The minimum absolute atomic E-state index is 0.0926. The number of carbonyl (C=O) groups is 1. The van der Waals surface area contributed by atoms with Gasteiger partial charge in [-0.1, -0.05) is 16.8 Å². The lowest BCUT2D eigenvalue weighted by molar-refractivity contribution is 0.0931. The summed E-state index contributed by atoms with van der Waals surface area (Å²) in [6.07, 6.45) is 2.76. The van der Waals surface area contributed by atoms with Gasteiger partial charge in [-0.3, -0.25) is 4.79 Å². The highest BCUT2D eigenvalue weighted by molar-refractivity contribution is 6.30. The van der Waals surface area contributed by atoms with E-state index >= 15 is 0 Å². The monoisotopic (exact) mass is 423 g/mol. The van der Waals surface area contributed by atoms with Crippen LogP contribution in [0.3, 0.4) is 0 Å². The van der Waals surface area contributed by atoms with E-state index in [1.54, 1.807) is 25.3 Å². The Morgan fingerprint density at radius 1 is 1.23 bits per heavy atom. The average molecular weight is 424 g/mol. The number of ether oxygens (including phenoxy) is 1. The minimum Gasteiger partial charge on any atom is -0.497 e. The van der Waals surface area contributed by atoms with Gasteiger partial charge in [-0.25, -0.2) is 0 Å². The number of nitrogens with zero attached hydrogens (tertiary/aromatic N) is 2. The molecule has 0 saturated carbocycles. The zero-order valence-corrected chi connectivity index (χ0v) is 17.7. The summed E-state index contributed by atoms with van der Waals surface area (Å²) in [7, 11) is 3.66. The maximum Gasteiger partial charge on any atom is 0.273 e. The van der Waals surface area contributed by atoms with Crippen molar-refractivity contribution in [3.8, 4) is 17.1 Å². The molecule has 0 aliphatic rings. The summed E-state index contributed by atoms with van der Waals surface area (Å²) in [5.74, 6) is 1.05. The molecule has 0 bridgehead atoms. The van der Waals surface area contributed by atoms with E-state index in [0.29, 0.717) is 17.2 Å². The molecule has 4 aromatic rings. The SMILES string of the molecule is COc1ccc2c(c1)c(CC(C)NC(=O)c1cc(-c3ccc(Cl)cc3)on1)cn2C. The number of hydrogen-bond acceptors (Lipinski definition) is 4. The number of rotatable bonds is 6. The smallest absolute Gasteiger partial charge is 0.273 e. The van der Waals surface area contributed by atoms with E-state index in [4.69, 9.17) is 20.9 Å². The van der Waals surface area contributed by atoms with Crippen LogP contribution in [-0.2, 0) is 13.5 Å². The first-order chi connectivity index (χ1) is 14.4. The predicted octanol–water partition coefficient (Wildman–Crippen LogP) is 4.86. The Morgan fingerprint density at radius 2 is 2.00 bits per heavy atom. The number of amides is 1. The Balaban J connectivity index is 1.47. The van der Waals surface area contributed by atoms with E-state index in [2.05, 4.69) is 21.2 Å². The fourth-order valence-corrected chi connectivity index (χ4v) is 3.68. The molecular weight excluding hydrogens is 402 g/mol. The van der Waals surface area contributed by atoms with Crippen LogP contribution in [0.25, 0.3) is 22.2 Å². The molecule has 1 amide bonds. The zero-order chi connectivity index (χ0) is 21.3. The molecule has 30 heavy (non-hydrogen) atoms. The first-order valence-corrected chi connectivity index (χ1v) is 9.98. The number of methoxy groups -OCH3 is 1. The number of aromatic nitrogens is 2. The van der Waals surface area contributed by atoms with Gasteiger partial charge in [-0.2, -0.15) is 0 Å². The Morgan fingerprint density at radius 3 is 2.73 bits per heavy atom. The third kappa shape index (κ3) is 4.04. The molecule has 0 radical (unpaired) electrons. The van der Waals surface area contributed by atoms with Crippen molar-refractivity contribution in [2.24, 2.45) is 7.05 Å². The number of hydrogen-bond donors (Lipinski definition) is 1. The standard InChI is InChI=1S/C23H22ClN3O3/c1-14(10-16-13-27(2)21-9-8-18(29-3)11-19(16)21)25-23(28)20-12-22(30-26-20)15-4-6-17(24)7-5-15/h4-9,11-14H,10H2,1-3H3,(H,25,28). The Bertz CT molecular complexity index is 1190. The van der Waals surface area contributed by atoms with E-state index in [1.807, 2.05) is 44.3 Å². The molecule has 4 rings (SSSR count). The van der Waals surface area contributed by atoms with Gasteiger partial charge >= 0.3 is 0 Å². The van der Waals surface area contributed by atoms with Crippen LogP contribution in [0.2, 0.25) is 5.02 Å². The predicted molar refractivity (Wildman–Crippen MR) is 117 cm³/mol. The van der Waals surface area contributed by atoms with Gasteiger partial charge in [0.25, 0.3) is 5.91 Å². The number of carbonyl (C=O) groups excluding carboxylic acids is 1. The normalized spacial score (nSPS) is 12.1. The maximum atomic E-state index is 12.6. The first kappa shape index (κ1) is 20.0. The Hall–Kier alpha value is -3.25. The third-order valence-corrected chi connectivity index (χ3v) is 5.31. The molecule has 2 heterocycles. The third-order valence-electron chi connectivity index (χ3n) is 5.05. The molecule has 1 N–H and O–H groups in total. The van der Waals surface area contributed by atoms with Crippen LogP contribution in [0.5, 0.6) is 5.75 Å². The molecule has 0 saturated heterocycles. The van der Waals surface area contributed by atoms with Gasteiger partial charge < -0.3 is 19.1 Å². The quantitative estimate of drug-likeness (QED) is 0.481. The van der Waals surface area contributed by atoms with Crippen LogP contribution in [0.4, 0.5) is 0 Å². The first-order valence-electron chi connectivity index (χ1n) is 9.60. The molecule has 2 aromatic heterocycles. The van der Waals surface area contributed by atoms with Crippen molar-refractivity contribution in [1.82, 2.24) is 15.0 Å². The van der Waals surface area contributed by atoms with Gasteiger partial charge in [0.2, 0.25) is 0 Å². The van der Waals surface area contributed by atoms with Crippen LogP contribution < -0.4 is 10.1 Å². The summed E-state index contributed by atoms with van der Waals surface area (Å²) in [4.78, 5) is 12.6. The molecule has 0 fully saturated rings. The van der Waals surface area contributed by atoms with E-state index in [-0.39, 0.29) is 17.6 Å². The van der Waals surface area contributed by atoms with Crippen molar-refractivity contribution < 1.29 is 14.1 Å². The molecule has 6 nitrogen and oxygen atoms in total. The Labute approximate surface area is 179 Å². The van der Waals surface area contributed by atoms with Gasteiger partial charge in [0.1, 0.15) is 5.75 Å². The number of aryl methyl sites for hydroxylation is 1. The van der Waals surface area contributed by atoms with Crippen molar-refractivity contribution in [2.45, 2.75) is 19.4 Å². The molecule has 0 aliphatic carbocycles. The van der Waals surface area contributed by atoms with E-state index in [0.717, 1.165) is 27.8 Å². The highest BCUT2D eigenvalue weighted by Gasteiger charge is 2.17. The van der Waals surface area contributed by atoms with Crippen LogP contribution in [0.15, 0.2) is 59.3 Å². The highest BCUT2D eigenvalue weighted by Crippen LogP contribution is 2.26. The second kappa shape index (κ2) is 8.24. The molecule has 0 aliphatic heterocycles. The van der Waals surface area contributed by atoms with E-state index < -0.39 is 0 Å². The molecule has 1 atom stereocenters. The van der Waals surface area contributed by atoms with Gasteiger partial charge in [-0.05, 0) is 61.4 Å². The molecule has 0 spiro atoms. The summed E-state index contributed by atoms with van der Waals surface area (Å²) in [6, 6.07) is 14.7. The number of halogens is 1. The second-order valence-corrected chi connectivity index (χ2v) is 7.75. The van der Waals surface area contributed by atoms with Gasteiger partial charge in [0, 0.05) is 46.8 Å². The van der Waals surface area contributed by atoms with Crippen LogP contribution in [0, 0.1) is 0 Å². The number of nitrogens with one attached hydrogen (secondary N) is 1. The lowest BCUT2D eigenvalue weighted by Gasteiger charge is -2.12. The van der Waals surface area contributed by atoms with Crippen molar-refractivity contribution >= 4 is 28.4 Å². The summed E-state index contributed by atoms with van der Waals surface area (Å²) in [6.45, 7) is 1.97. The van der Waals surface area contributed by atoms with Crippen molar-refractivity contribution in [3.63, 3.8) is 0 Å². The van der Waals surface area contributed by atoms with Crippen LogP contribution >= 0.6 is 11.6 Å². The molecule has 154 valence electrons. The van der Waals surface area contributed by atoms with Gasteiger partial charge in [0.15, 0.2) is 11.5 Å². The summed E-state index contributed by atoms with van der Waals surface area (Å²) < 4.78 is 12.8. The molecular formula is C23H22ClN3O3. The molecule has 1 unspecified atom stereocenters. The summed E-state index contributed by atoms with van der Waals surface area (Å²) in [5.41, 5.74) is 3.31. The van der Waals surface area contributed by atoms with E-state index in [9.17, 15) is 4.79 Å². The zero-order valence-electron chi connectivity index (χ0n) is 17.0. The lowest BCUT2D eigenvalue weighted by atomic mass is 10.1. The van der Waals surface area contributed by atoms with Crippen LogP contribution in [0.1, 0.15) is 23.0 Å². The topological polar surface area (TPSA) is 69.3 Å². The van der Waals surface area contributed by atoms with Crippen molar-refractivity contribution in [2.75, 3.05) is 7.11 Å². The minimum atomic E-state index is -0.274. The Kier molecular flexibility index (Phi) is 5.50. The molecule has 7 heteroatoms.